The summed E-state index contributed by atoms with van der Waals surface area (Å²) in [6.07, 6.45) is 1.03. The second kappa shape index (κ2) is 16.5. The first-order chi connectivity index (χ1) is 17.1. The van der Waals surface area contributed by atoms with Crippen molar-refractivity contribution in [1.29, 1.82) is 0 Å². The predicted octanol–water partition coefficient (Wildman–Crippen LogP) is 4.10. The van der Waals surface area contributed by atoms with Gasteiger partial charge in [0.1, 0.15) is 18.8 Å². The summed E-state index contributed by atoms with van der Waals surface area (Å²) in [4.78, 5) is 48.0. The molecule has 0 saturated heterocycles. The zero-order valence-corrected chi connectivity index (χ0v) is 21.9. The third-order valence-corrected chi connectivity index (χ3v) is 5.06. The van der Waals surface area contributed by atoms with Gasteiger partial charge in [0.25, 0.3) is 0 Å². The van der Waals surface area contributed by atoms with Crippen LogP contribution >= 0.6 is 0 Å². The van der Waals surface area contributed by atoms with E-state index in [1.54, 1.807) is 13.0 Å². The highest BCUT2D eigenvalue weighted by molar-refractivity contribution is 5.77. The van der Waals surface area contributed by atoms with E-state index in [9.17, 15) is 19.2 Å². The molecule has 0 amide bonds. The average Bonchev–Trinajstić information content (AvgIpc) is 2.82. The molecule has 3 atom stereocenters. The summed E-state index contributed by atoms with van der Waals surface area (Å²) in [6.45, 7) is 9.26. The summed E-state index contributed by atoms with van der Waals surface area (Å²) < 4.78 is 25.9. The standard InChI is InChI=1S/C26H39NO9/c1-6-9-23(28)35-21-12-11-19(14-22(21)36-24(29)10-7-2)13-20(27)25(30)32-16-18(5)34-26(31)33-15-17(4)8-3/h11-12,14,17-18,20H,6-10,13,15-16,27H2,1-5H3/t17?,18-,20-/m0/s1. The molecule has 36 heavy (non-hydrogen) atoms. The van der Waals surface area contributed by atoms with Crippen molar-refractivity contribution in [3.8, 4) is 11.5 Å². The maximum Gasteiger partial charge on any atom is 0.508 e. The second-order valence-corrected chi connectivity index (χ2v) is 8.67. The third-order valence-electron chi connectivity index (χ3n) is 5.06. The van der Waals surface area contributed by atoms with Crippen molar-refractivity contribution in [1.82, 2.24) is 0 Å². The molecule has 0 aliphatic rings. The van der Waals surface area contributed by atoms with Crippen LogP contribution in [0.5, 0.6) is 11.5 Å². The Morgan fingerprint density at radius 1 is 0.861 bits per heavy atom. The summed E-state index contributed by atoms with van der Waals surface area (Å²) in [5, 5.41) is 0. The predicted molar refractivity (Wildman–Crippen MR) is 132 cm³/mol. The van der Waals surface area contributed by atoms with Crippen LogP contribution in [0.15, 0.2) is 18.2 Å². The number of benzene rings is 1. The molecule has 1 aromatic rings. The minimum Gasteiger partial charge on any atom is -0.461 e. The molecule has 10 nitrogen and oxygen atoms in total. The van der Waals surface area contributed by atoms with E-state index in [1.807, 2.05) is 27.7 Å². The van der Waals surface area contributed by atoms with Gasteiger partial charge in [-0.3, -0.25) is 14.4 Å². The molecule has 0 aromatic heterocycles. The lowest BCUT2D eigenvalue weighted by Gasteiger charge is -2.17. The first kappa shape index (κ1) is 30.9. The van der Waals surface area contributed by atoms with E-state index < -0.39 is 36.2 Å². The molecule has 0 bridgehead atoms. The molecular formula is C26H39NO9. The zero-order valence-electron chi connectivity index (χ0n) is 21.9. The van der Waals surface area contributed by atoms with Gasteiger partial charge in [0.2, 0.25) is 0 Å². The van der Waals surface area contributed by atoms with Crippen LogP contribution in [0.3, 0.4) is 0 Å². The van der Waals surface area contributed by atoms with Gasteiger partial charge in [-0.15, -0.1) is 0 Å². The molecular weight excluding hydrogens is 470 g/mol. The lowest BCUT2D eigenvalue weighted by Crippen LogP contribution is -2.36. The van der Waals surface area contributed by atoms with Crippen LogP contribution < -0.4 is 15.2 Å². The van der Waals surface area contributed by atoms with Gasteiger partial charge in [-0.05, 0) is 49.8 Å². The Morgan fingerprint density at radius 3 is 2.06 bits per heavy atom. The largest absolute Gasteiger partial charge is 0.508 e. The van der Waals surface area contributed by atoms with Crippen LogP contribution in [0.1, 0.15) is 72.3 Å². The van der Waals surface area contributed by atoms with Crippen molar-refractivity contribution in [2.75, 3.05) is 13.2 Å². The van der Waals surface area contributed by atoms with E-state index in [0.717, 1.165) is 6.42 Å². The Kier molecular flexibility index (Phi) is 14.2. The minimum absolute atomic E-state index is 0.0759. The van der Waals surface area contributed by atoms with E-state index in [-0.39, 0.29) is 49.9 Å². The van der Waals surface area contributed by atoms with Gasteiger partial charge in [0.05, 0.1) is 6.61 Å². The van der Waals surface area contributed by atoms with Crippen molar-refractivity contribution < 1.29 is 42.9 Å². The Morgan fingerprint density at radius 2 is 1.47 bits per heavy atom. The van der Waals surface area contributed by atoms with Crippen molar-refractivity contribution >= 4 is 24.1 Å². The first-order valence-corrected chi connectivity index (χ1v) is 12.4. The number of rotatable bonds is 15. The highest BCUT2D eigenvalue weighted by Gasteiger charge is 2.21. The van der Waals surface area contributed by atoms with Gasteiger partial charge < -0.3 is 29.4 Å². The minimum atomic E-state index is -1.03. The Hall–Kier alpha value is -3.14. The van der Waals surface area contributed by atoms with Crippen molar-refractivity contribution in [2.45, 2.75) is 85.3 Å². The maximum absolute atomic E-state index is 12.4. The van der Waals surface area contributed by atoms with E-state index in [0.29, 0.717) is 18.4 Å². The molecule has 0 heterocycles. The van der Waals surface area contributed by atoms with Crippen LogP contribution in [0.25, 0.3) is 0 Å². The van der Waals surface area contributed by atoms with Crippen LogP contribution in [-0.2, 0) is 35.0 Å². The second-order valence-electron chi connectivity index (χ2n) is 8.67. The fourth-order valence-corrected chi connectivity index (χ4v) is 2.80. The summed E-state index contributed by atoms with van der Waals surface area (Å²) in [5.74, 6) is -1.20. The zero-order chi connectivity index (χ0) is 27.1. The molecule has 0 saturated carbocycles. The van der Waals surface area contributed by atoms with Gasteiger partial charge in [0.15, 0.2) is 11.5 Å². The Bertz CT molecular complexity index is 871. The smallest absolute Gasteiger partial charge is 0.461 e. The number of nitrogens with two attached hydrogens (primary N) is 1. The topological polar surface area (TPSA) is 140 Å². The number of ether oxygens (including phenoxy) is 5. The third kappa shape index (κ3) is 12.0. The van der Waals surface area contributed by atoms with Crippen molar-refractivity contribution in [2.24, 2.45) is 11.7 Å². The highest BCUT2D eigenvalue weighted by Crippen LogP contribution is 2.30. The molecule has 2 N–H and O–H groups in total. The van der Waals surface area contributed by atoms with Gasteiger partial charge in [-0.25, -0.2) is 4.79 Å². The van der Waals surface area contributed by atoms with Crippen molar-refractivity contribution in [3.63, 3.8) is 0 Å². The van der Waals surface area contributed by atoms with E-state index in [2.05, 4.69) is 0 Å². The Labute approximate surface area is 212 Å². The quantitative estimate of drug-likeness (QED) is 0.271. The summed E-state index contributed by atoms with van der Waals surface area (Å²) in [7, 11) is 0. The lowest BCUT2D eigenvalue weighted by molar-refractivity contribution is -0.148. The Balaban J connectivity index is 2.71. The SMILES string of the molecule is CCCC(=O)Oc1ccc(C[C@H](N)C(=O)OC[C@H](C)OC(=O)OCC(C)CC)cc1OC(=O)CCC. The molecule has 0 aliphatic carbocycles. The summed E-state index contributed by atoms with van der Waals surface area (Å²) in [5.41, 5.74) is 6.57. The molecule has 10 heteroatoms. The molecule has 0 aliphatic heterocycles. The normalized spacial score (nSPS) is 13.2. The van der Waals surface area contributed by atoms with E-state index in [1.165, 1.54) is 12.1 Å². The lowest BCUT2D eigenvalue weighted by atomic mass is 10.1. The molecule has 0 radical (unpaired) electrons. The van der Waals surface area contributed by atoms with Gasteiger partial charge in [-0.2, -0.15) is 0 Å². The first-order valence-electron chi connectivity index (χ1n) is 12.4. The average molecular weight is 510 g/mol. The number of esters is 3. The number of hydrogen-bond donors (Lipinski definition) is 1. The van der Waals surface area contributed by atoms with Crippen LogP contribution in [0.2, 0.25) is 0 Å². The van der Waals surface area contributed by atoms with Gasteiger partial charge >= 0.3 is 24.1 Å². The van der Waals surface area contributed by atoms with Crippen LogP contribution in [0, 0.1) is 5.92 Å². The fourth-order valence-electron chi connectivity index (χ4n) is 2.80. The number of carbonyl (C=O) groups is 4. The molecule has 1 unspecified atom stereocenters. The fraction of sp³-hybridized carbons (Fsp3) is 0.615. The summed E-state index contributed by atoms with van der Waals surface area (Å²) >= 11 is 0. The number of hydrogen-bond acceptors (Lipinski definition) is 10. The van der Waals surface area contributed by atoms with Crippen LogP contribution in [-0.4, -0.2) is 49.4 Å². The molecule has 1 aromatic carbocycles. The molecule has 0 fully saturated rings. The highest BCUT2D eigenvalue weighted by atomic mass is 16.7. The van der Waals surface area contributed by atoms with E-state index in [4.69, 9.17) is 29.4 Å². The molecule has 1 rings (SSSR count). The molecule has 202 valence electrons. The van der Waals surface area contributed by atoms with Gasteiger partial charge in [-0.1, -0.05) is 40.2 Å². The van der Waals surface area contributed by atoms with Crippen molar-refractivity contribution in [3.05, 3.63) is 23.8 Å². The number of carbonyl (C=O) groups excluding carboxylic acids is 4. The van der Waals surface area contributed by atoms with Gasteiger partial charge in [0, 0.05) is 12.8 Å². The molecule has 0 spiro atoms. The monoisotopic (exact) mass is 509 g/mol. The van der Waals surface area contributed by atoms with Crippen LogP contribution in [0.4, 0.5) is 4.79 Å². The maximum atomic E-state index is 12.4. The summed E-state index contributed by atoms with van der Waals surface area (Å²) in [6, 6.07) is 3.60. The van der Waals surface area contributed by atoms with E-state index >= 15 is 0 Å².